The van der Waals surface area contributed by atoms with Crippen molar-refractivity contribution in [2.24, 2.45) is 17.8 Å². The number of carbonyl (C=O) groups is 3. The van der Waals surface area contributed by atoms with Gasteiger partial charge in [0.05, 0.1) is 25.2 Å². The minimum absolute atomic E-state index is 0.0358. The van der Waals surface area contributed by atoms with Crippen molar-refractivity contribution < 1.29 is 29.0 Å². The predicted molar refractivity (Wildman–Crippen MR) is 142 cm³/mol. The molecule has 0 aromatic rings. The van der Waals surface area contributed by atoms with Crippen molar-refractivity contribution in [1.82, 2.24) is 9.80 Å². The number of allylic oxidation sites excluding steroid dienone is 1. The summed E-state index contributed by atoms with van der Waals surface area (Å²) in [5.74, 6) is -2.65. The number of esters is 1. The molecule has 210 valence electrons. The molecule has 0 bridgehead atoms. The molecule has 1 unspecified atom stereocenters. The first kappa shape index (κ1) is 27.4. The molecule has 5 rings (SSSR count). The molecule has 1 saturated carbocycles. The second-order valence-electron chi connectivity index (χ2n) is 11.9. The smallest absolute Gasteiger partial charge is 0.313 e. The van der Waals surface area contributed by atoms with Gasteiger partial charge in [0, 0.05) is 12.6 Å². The van der Waals surface area contributed by atoms with E-state index >= 15 is 0 Å². The van der Waals surface area contributed by atoms with Crippen LogP contribution >= 0.6 is 0 Å². The highest BCUT2D eigenvalue weighted by atomic mass is 16.6. The first-order valence-corrected chi connectivity index (χ1v) is 14.8. The maximum Gasteiger partial charge on any atom is 0.313 e. The molecule has 0 aromatic heterocycles. The molecule has 4 heterocycles. The van der Waals surface area contributed by atoms with E-state index < -0.39 is 41.1 Å². The van der Waals surface area contributed by atoms with Crippen molar-refractivity contribution >= 4 is 17.8 Å². The number of amides is 2. The zero-order chi connectivity index (χ0) is 27.1. The summed E-state index contributed by atoms with van der Waals surface area (Å²) in [4.78, 5) is 46.4. The monoisotopic (exact) mass is 528 g/mol. The third kappa shape index (κ3) is 4.14. The van der Waals surface area contributed by atoms with Crippen LogP contribution in [0.15, 0.2) is 24.3 Å². The van der Waals surface area contributed by atoms with Crippen LogP contribution in [0.2, 0.25) is 0 Å². The third-order valence-electron chi connectivity index (χ3n) is 9.96. The lowest BCUT2D eigenvalue weighted by Crippen LogP contribution is -2.61. The lowest BCUT2D eigenvalue weighted by molar-refractivity contribution is -0.164. The van der Waals surface area contributed by atoms with Crippen LogP contribution in [0.3, 0.4) is 0 Å². The first-order valence-electron chi connectivity index (χ1n) is 14.8. The number of aliphatic hydroxyl groups excluding tert-OH is 1. The van der Waals surface area contributed by atoms with Crippen LogP contribution in [-0.4, -0.2) is 81.8 Å². The molecule has 0 aromatic carbocycles. The number of aliphatic hydroxyl groups is 1. The van der Waals surface area contributed by atoms with Crippen molar-refractivity contribution in [1.29, 1.82) is 0 Å². The summed E-state index contributed by atoms with van der Waals surface area (Å²) in [6.07, 6.45) is 15.8. The molecule has 2 saturated heterocycles. The predicted octanol–water partition coefficient (Wildman–Crippen LogP) is 3.38. The highest BCUT2D eigenvalue weighted by Gasteiger charge is 2.76. The van der Waals surface area contributed by atoms with Gasteiger partial charge in [-0.15, -0.1) is 0 Å². The van der Waals surface area contributed by atoms with E-state index in [9.17, 15) is 19.5 Å². The zero-order valence-corrected chi connectivity index (χ0v) is 23.1. The van der Waals surface area contributed by atoms with Gasteiger partial charge in [0.1, 0.15) is 23.2 Å². The van der Waals surface area contributed by atoms with Gasteiger partial charge in [-0.1, -0.05) is 70.8 Å². The molecule has 1 aliphatic carbocycles. The van der Waals surface area contributed by atoms with Crippen LogP contribution in [0, 0.1) is 17.8 Å². The van der Waals surface area contributed by atoms with Gasteiger partial charge < -0.3 is 24.4 Å². The van der Waals surface area contributed by atoms with Crippen molar-refractivity contribution in [3.8, 4) is 0 Å². The Balaban J connectivity index is 1.67. The maximum atomic E-state index is 14.6. The highest BCUT2D eigenvalue weighted by Crippen LogP contribution is 2.59. The quantitative estimate of drug-likeness (QED) is 0.420. The van der Waals surface area contributed by atoms with Gasteiger partial charge in [-0.25, -0.2) is 0 Å². The average Bonchev–Trinajstić information content (AvgIpc) is 3.31. The molecular formula is C30H44N2O6. The number of ether oxygens (including phenoxy) is 2. The molecule has 2 amide bonds. The molecule has 0 radical (unpaired) electrons. The van der Waals surface area contributed by atoms with Gasteiger partial charge in [0.2, 0.25) is 11.8 Å². The van der Waals surface area contributed by atoms with Crippen LogP contribution in [0.25, 0.3) is 0 Å². The molecule has 8 heteroatoms. The van der Waals surface area contributed by atoms with Gasteiger partial charge in [0.15, 0.2) is 0 Å². The van der Waals surface area contributed by atoms with Crippen LogP contribution in [-0.2, 0) is 23.9 Å². The summed E-state index contributed by atoms with van der Waals surface area (Å²) in [5, 5.41) is 10.5. The molecule has 38 heavy (non-hydrogen) atoms. The Hall–Kier alpha value is -2.19. The molecule has 4 aliphatic heterocycles. The number of fused-ring (bicyclic) bond motifs is 2. The molecule has 5 aliphatic rings. The molecule has 7 atom stereocenters. The topological polar surface area (TPSA) is 96.4 Å². The largest absolute Gasteiger partial charge is 0.465 e. The Bertz CT molecular complexity index is 989. The fourth-order valence-corrected chi connectivity index (χ4v) is 7.72. The van der Waals surface area contributed by atoms with E-state index in [0.29, 0.717) is 19.4 Å². The first-order chi connectivity index (χ1) is 18.3. The lowest BCUT2D eigenvalue weighted by atomic mass is 9.73. The maximum absolute atomic E-state index is 14.6. The number of hydrogen-bond acceptors (Lipinski definition) is 6. The summed E-state index contributed by atoms with van der Waals surface area (Å²) in [5.41, 5.74) is -2.34. The van der Waals surface area contributed by atoms with Crippen LogP contribution in [0.5, 0.6) is 0 Å². The number of carbonyl (C=O) groups excluding carboxylic acids is 3. The van der Waals surface area contributed by atoms with Crippen LogP contribution < -0.4 is 0 Å². The third-order valence-corrected chi connectivity index (χ3v) is 9.96. The summed E-state index contributed by atoms with van der Waals surface area (Å²) in [6, 6.07) is -1.37. The van der Waals surface area contributed by atoms with Crippen LogP contribution in [0.1, 0.15) is 78.6 Å². The Morgan fingerprint density at radius 2 is 1.79 bits per heavy atom. The standard InChI is InChI=1S/C30H44N2O6/c1-4-20(3)22(19-33)32-25-27(35)31(21-13-8-6-9-14-21)17-12-16-30(25)23(26(32)34)24-28(36)37-18-11-7-10-15-29(24,5-2)38-30/h10,12,15-16,20-25,33H,4-9,11,13-14,17-19H2,1-3H3/b15-10-/t20-,22-,23-,24+,25?,29-,30-/m0/s1. The van der Waals surface area contributed by atoms with Gasteiger partial charge in [-0.3, -0.25) is 14.4 Å². The van der Waals surface area contributed by atoms with Crippen molar-refractivity contribution in [2.75, 3.05) is 19.8 Å². The summed E-state index contributed by atoms with van der Waals surface area (Å²) < 4.78 is 12.7. The highest BCUT2D eigenvalue weighted by molar-refractivity contribution is 5.99. The van der Waals surface area contributed by atoms with Gasteiger partial charge in [-0.2, -0.15) is 0 Å². The Labute approximate surface area is 226 Å². The van der Waals surface area contributed by atoms with Crippen LogP contribution in [0.4, 0.5) is 0 Å². The second kappa shape index (κ2) is 10.8. The number of rotatable bonds is 6. The fourth-order valence-electron chi connectivity index (χ4n) is 7.72. The second-order valence-corrected chi connectivity index (χ2v) is 11.9. The van der Waals surface area contributed by atoms with Gasteiger partial charge >= 0.3 is 5.97 Å². The van der Waals surface area contributed by atoms with E-state index in [2.05, 4.69) is 0 Å². The van der Waals surface area contributed by atoms with Crippen molar-refractivity contribution in [3.05, 3.63) is 24.3 Å². The molecule has 1 spiro atoms. The number of nitrogens with zero attached hydrogens (tertiary/aromatic N) is 2. The number of likely N-dealkylation sites (tertiary alicyclic amines) is 1. The molecule has 1 N–H and O–H groups in total. The summed E-state index contributed by atoms with van der Waals surface area (Å²) in [6.45, 7) is 6.47. The lowest BCUT2D eigenvalue weighted by Gasteiger charge is -2.43. The van der Waals surface area contributed by atoms with E-state index in [4.69, 9.17) is 9.47 Å². The van der Waals surface area contributed by atoms with E-state index in [0.717, 1.165) is 38.5 Å². The SMILES string of the molecule is CC[C@H](C)[C@H](CO)N1C(=O)[C@@H]2[C@@H]3C(=O)OCCC/C=C\[C@]3(CC)O[C@@]23C=CCN(C2CCCCC2)C(=O)C13. The van der Waals surface area contributed by atoms with Crippen molar-refractivity contribution in [3.63, 3.8) is 0 Å². The number of hydrogen-bond donors (Lipinski definition) is 1. The normalized spacial score (nSPS) is 38.3. The molecule has 8 nitrogen and oxygen atoms in total. The average molecular weight is 529 g/mol. The van der Waals surface area contributed by atoms with E-state index in [1.165, 1.54) is 6.42 Å². The van der Waals surface area contributed by atoms with Gasteiger partial charge in [-0.05, 0) is 38.0 Å². The molecular weight excluding hydrogens is 484 g/mol. The van der Waals surface area contributed by atoms with E-state index in [-0.39, 0.29) is 37.0 Å². The zero-order valence-electron chi connectivity index (χ0n) is 23.1. The Kier molecular flexibility index (Phi) is 7.75. The minimum atomic E-state index is -1.30. The Morgan fingerprint density at radius 1 is 1.03 bits per heavy atom. The number of cyclic esters (lactones) is 1. The Morgan fingerprint density at radius 3 is 2.47 bits per heavy atom. The fraction of sp³-hybridized carbons (Fsp3) is 0.767. The molecule has 3 fully saturated rings. The van der Waals surface area contributed by atoms with Gasteiger partial charge in [0.25, 0.3) is 0 Å². The van der Waals surface area contributed by atoms with E-state index in [1.54, 1.807) is 4.90 Å². The summed E-state index contributed by atoms with van der Waals surface area (Å²) in [7, 11) is 0. The summed E-state index contributed by atoms with van der Waals surface area (Å²) >= 11 is 0. The minimum Gasteiger partial charge on any atom is -0.465 e. The van der Waals surface area contributed by atoms with Crippen molar-refractivity contribution in [2.45, 2.75) is 108 Å². The van der Waals surface area contributed by atoms with E-state index in [1.807, 2.05) is 50.0 Å².